The predicted octanol–water partition coefficient (Wildman–Crippen LogP) is 0.144. The third-order valence-corrected chi connectivity index (χ3v) is 2.29. The van der Waals surface area contributed by atoms with Crippen molar-refractivity contribution in [1.82, 2.24) is 15.3 Å². The van der Waals surface area contributed by atoms with Gasteiger partial charge in [-0.3, -0.25) is 4.79 Å². The summed E-state index contributed by atoms with van der Waals surface area (Å²) in [5.41, 5.74) is 6.24. The Balaban J connectivity index is 2.80. The third-order valence-electron chi connectivity index (χ3n) is 2.29. The standard InChI is InChI=1S/C12H21N5O/c1-9(2)7-17(8-11(13)18)12-15-5-10(4-14-3)6-16-12/h5-6,9,14H,4,7-8H2,1-3H3,(H2,13,18). The zero-order valence-electron chi connectivity index (χ0n) is 11.2. The molecule has 3 N–H and O–H groups in total. The van der Waals surface area contributed by atoms with Gasteiger partial charge in [0.2, 0.25) is 11.9 Å². The minimum atomic E-state index is -0.376. The van der Waals surface area contributed by atoms with Gasteiger partial charge in [-0.2, -0.15) is 0 Å². The number of amides is 1. The lowest BCUT2D eigenvalue weighted by molar-refractivity contribution is -0.116. The van der Waals surface area contributed by atoms with E-state index in [1.54, 1.807) is 17.3 Å². The lowest BCUT2D eigenvalue weighted by atomic mass is 10.2. The van der Waals surface area contributed by atoms with E-state index in [-0.39, 0.29) is 12.5 Å². The molecule has 0 bridgehead atoms. The van der Waals surface area contributed by atoms with Crippen LogP contribution in [0.3, 0.4) is 0 Å². The first kappa shape index (κ1) is 14.4. The Hall–Kier alpha value is -1.69. The van der Waals surface area contributed by atoms with Gasteiger partial charge >= 0.3 is 0 Å². The molecule has 0 saturated heterocycles. The molecular weight excluding hydrogens is 230 g/mol. The molecule has 0 unspecified atom stereocenters. The molecule has 18 heavy (non-hydrogen) atoms. The largest absolute Gasteiger partial charge is 0.368 e. The van der Waals surface area contributed by atoms with Gasteiger partial charge in [0.05, 0.1) is 6.54 Å². The summed E-state index contributed by atoms with van der Waals surface area (Å²) in [5, 5.41) is 3.03. The minimum absolute atomic E-state index is 0.142. The van der Waals surface area contributed by atoms with Crippen LogP contribution >= 0.6 is 0 Å². The maximum atomic E-state index is 11.0. The van der Waals surface area contributed by atoms with E-state index in [9.17, 15) is 4.79 Å². The first-order valence-electron chi connectivity index (χ1n) is 6.01. The van der Waals surface area contributed by atoms with Crippen LogP contribution in [0.4, 0.5) is 5.95 Å². The number of anilines is 1. The zero-order valence-corrected chi connectivity index (χ0v) is 11.2. The molecule has 0 spiro atoms. The van der Waals surface area contributed by atoms with Gasteiger partial charge < -0.3 is 16.0 Å². The number of primary amides is 1. The molecule has 0 fully saturated rings. The van der Waals surface area contributed by atoms with E-state index < -0.39 is 0 Å². The topological polar surface area (TPSA) is 84.1 Å². The molecule has 0 atom stereocenters. The number of carbonyl (C=O) groups excluding carboxylic acids is 1. The first-order valence-corrected chi connectivity index (χ1v) is 6.01. The van der Waals surface area contributed by atoms with Crippen LogP contribution < -0.4 is 16.0 Å². The van der Waals surface area contributed by atoms with Gasteiger partial charge in [-0.1, -0.05) is 13.8 Å². The average Bonchev–Trinajstić information content (AvgIpc) is 2.28. The van der Waals surface area contributed by atoms with Gasteiger partial charge in [-0.25, -0.2) is 9.97 Å². The molecule has 1 amide bonds. The van der Waals surface area contributed by atoms with E-state index in [4.69, 9.17) is 5.73 Å². The fourth-order valence-electron chi connectivity index (χ4n) is 1.65. The summed E-state index contributed by atoms with van der Waals surface area (Å²) in [6.45, 7) is 5.71. The maximum absolute atomic E-state index is 11.0. The number of hydrogen-bond acceptors (Lipinski definition) is 5. The van der Waals surface area contributed by atoms with Gasteiger partial charge in [-0.15, -0.1) is 0 Å². The van der Waals surface area contributed by atoms with E-state index in [0.29, 0.717) is 18.4 Å². The van der Waals surface area contributed by atoms with E-state index in [1.165, 1.54) is 0 Å². The van der Waals surface area contributed by atoms with Crippen molar-refractivity contribution in [3.05, 3.63) is 18.0 Å². The van der Waals surface area contributed by atoms with Crippen molar-refractivity contribution in [3.63, 3.8) is 0 Å². The summed E-state index contributed by atoms with van der Waals surface area (Å²) in [7, 11) is 1.87. The van der Waals surface area contributed by atoms with Crippen molar-refractivity contribution >= 4 is 11.9 Å². The van der Waals surface area contributed by atoms with E-state index in [0.717, 1.165) is 12.1 Å². The number of carbonyl (C=O) groups is 1. The Morgan fingerprint density at radius 1 is 1.44 bits per heavy atom. The molecule has 0 radical (unpaired) electrons. The molecule has 0 aliphatic rings. The van der Waals surface area contributed by atoms with Crippen molar-refractivity contribution < 1.29 is 4.79 Å². The molecule has 6 nitrogen and oxygen atoms in total. The molecule has 0 aliphatic carbocycles. The maximum Gasteiger partial charge on any atom is 0.237 e. The summed E-state index contributed by atoms with van der Waals surface area (Å²) >= 11 is 0. The second kappa shape index (κ2) is 6.90. The van der Waals surface area contributed by atoms with Gasteiger partial charge in [0, 0.05) is 31.0 Å². The van der Waals surface area contributed by atoms with Crippen LogP contribution in [0.25, 0.3) is 0 Å². The predicted molar refractivity (Wildman–Crippen MR) is 71.0 cm³/mol. The molecular formula is C12H21N5O. The van der Waals surface area contributed by atoms with Crippen molar-refractivity contribution in [2.24, 2.45) is 11.7 Å². The molecule has 100 valence electrons. The Bertz CT molecular complexity index is 377. The van der Waals surface area contributed by atoms with Gasteiger partial charge in [0.1, 0.15) is 0 Å². The molecule has 1 heterocycles. The minimum Gasteiger partial charge on any atom is -0.368 e. The molecule has 1 aromatic rings. The molecule has 6 heteroatoms. The summed E-state index contributed by atoms with van der Waals surface area (Å²) < 4.78 is 0. The first-order chi connectivity index (χ1) is 8.52. The van der Waals surface area contributed by atoms with Crippen molar-refractivity contribution in [2.75, 3.05) is 25.0 Å². The van der Waals surface area contributed by atoms with E-state index >= 15 is 0 Å². The smallest absolute Gasteiger partial charge is 0.237 e. The quantitative estimate of drug-likeness (QED) is 0.720. The van der Waals surface area contributed by atoms with Gasteiger partial charge in [0.15, 0.2) is 0 Å². The van der Waals surface area contributed by atoms with Crippen LogP contribution in [0.1, 0.15) is 19.4 Å². The summed E-state index contributed by atoms with van der Waals surface area (Å²) in [4.78, 5) is 21.4. The number of nitrogens with two attached hydrogens (primary N) is 1. The molecule has 0 aromatic carbocycles. The van der Waals surface area contributed by atoms with Crippen molar-refractivity contribution in [3.8, 4) is 0 Å². The van der Waals surface area contributed by atoms with Crippen LogP contribution in [-0.2, 0) is 11.3 Å². The Morgan fingerprint density at radius 3 is 2.50 bits per heavy atom. The number of nitrogens with zero attached hydrogens (tertiary/aromatic N) is 3. The zero-order chi connectivity index (χ0) is 13.5. The highest BCUT2D eigenvalue weighted by molar-refractivity contribution is 5.78. The summed E-state index contributed by atoms with van der Waals surface area (Å²) in [5.74, 6) is 0.575. The lowest BCUT2D eigenvalue weighted by Gasteiger charge is -2.22. The monoisotopic (exact) mass is 251 g/mol. The van der Waals surface area contributed by atoms with Crippen LogP contribution in [0.5, 0.6) is 0 Å². The van der Waals surface area contributed by atoms with Gasteiger partial charge in [0.25, 0.3) is 0 Å². The number of nitrogens with one attached hydrogen (secondary N) is 1. The highest BCUT2D eigenvalue weighted by Crippen LogP contribution is 2.09. The van der Waals surface area contributed by atoms with Crippen LogP contribution in [0.15, 0.2) is 12.4 Å². The Kier molecular flexibility index (Phi) is 5.51. The summed E-state index contributed by atoms with van der Waals surface area (Å²) in [6, 6.07) is 0. The fourth-order valence-corrected chi connectivity index (χ4v) is 1.65. The van der Waals surface area contributed by atoms with E-state index in [1.807, 2.05) is 7.05 Å². The van der Waals surface area contributed by atoms with Gasteiger partial charge in [-0.05, 0) is 13.0 Å². The van der Waals surface area contributed by atoms with Crippen LogP contribution in [0.2, 0.25) is 0 Å². The third kappa shape index (κ3) is 4.67. The van der Waals surface area contributed by atoms with E-state index in [2.05, 4.69) is 29.1 Å². The van der Waals surface area contributed by atoms with Crippen molar-refractivity contribution in [1.29, 1.82) is 0 Å². The normalized spacial score (nSPS) is 10.7. The molecule has 1 aromatic heterocycles. The second-order valence-electron chi connectivity index (χ2n) is 4.66. The summed E-state index contributed by atoms with van der Waals surface area (Å²) in [6.07, 6.45) is 3.51. The van der Waals surface area contributed by atoms with Crippen molar-refractivity contribution in [2.45, 2.75) is 20.4 Å². The number of aromatic nitrogens is 2. The Labute approximate surface area is 108 Å². The highest BCUT2D eigenvalue weighted by atomic mass is 16.1. The molecule has 0 aliphatic heterocycles. The molecule has 1 rings (SSSR count). The van der Waals surface area contributed by atoms with Crippen LogP contribution in [-0.4, -0.2) is 36.0 Å². The lowest BCUT2D eigenvalue weighted by Crippen LogP contribution is -2.37. The fraction of sp³-hybridized carbons (Fsp3) is 0.583. The SMILES string of the molecule is CNCc1cnc(N(CC(N)=O)CC(C)C)nc1. The average molecular weight is 251 g/mol. The number of rotatable bonds is 7. The number of hydrogen-bond donors (Lipinski definition) is 2. The second-order valence-corrected chi connectivity index (χ2v) is 4.66. The molecule has 0 saturated carbocycles. The Morgan fingerprint density at radius 2 is 2.06 bits per heavy atom. The van der Waals surface area contributed by atoms with Crippen LogP contribution in [0, 0.1) is 5.92 Å². The highest BCUT2D eigenvalue weighted by Gasteiger charge is 2.13.